The van der Waals surface area contributed by atoms with Gasteiger partial charge in [-0.1, -0.05) is 0 Å². The number of aromatic nitrogens is 2. The molecule has 1 aromatic heterocycles. The van der Waals surface area contributed by atoms with Crippen LogP contribution in [0.15, 0.2) is 12.1 Å². The van der Waals surface area contributed by atoms with Crippen LogP contribution in [-0.2, 0) is 4.74 Å². The summed E-state index contributed by atoms with van der Waals surface area (Å²) >= 11 is 0. The third-order valence-corrected chi connectivity index (χ3v) is 2.13. The Morgan fingerprint density at radius 3 is 2.73 bits per heavy atom. The van der Waals surface area contributed by atoms with Gasteiger partial charge in [-0.2, -0.15) is 5.10 Å². The smallest absolute Gasteiger partial charge is 0.148 e. The van der Waals surface area contributed by atoms with Gasteiger partial charge in [0.05, 0.1) is 5.69 Å². The van der Waals surface area contributed by atoms with E-state index in [2.05, 4.69) is 15.5 Å². The van der Waals surface area contributed by atoms with Crippen LogP contribution < -0.4 is 5.32 Å². The maximum Gasteiger partial charge on any atom is 0.148 e. The SMILES string of the molecule is COCCCCCNc1ccc(C)nn1. The molecule has 84 valence electrons. The van der Waals surface area contributed by atoms with Gasteiger partial charge in [0, 0.05) is 20.3 Å². The molecule has 0 bridgehead atoms. The van der Waals surface area contributed by atoms with E-state index < -0.39 is 0 Å². The average Bonchev–Trinajstić information content (AvgIpc) is 2.26. The maximum absolute atomic E-state index is 4.98. The zero-order valence-electron chi connectivity index (χ0n) is 9.49. The minimum Gasteiger partial charge on any atom is -0.385 e. The Morgan fingerprint density at radius 1 is 1.20 bits per heavy atom. The van der Waals surface area contributed by atoms with E-state index in [9.17, 15) is 0 Å². The molecule has 0 fully saturated rings. The predicted molar refractivity (Wildman–Crippen MR) is 61.0 cm³/mol. The highest BCUT2D eigenvalue weighted by Crippen LogP contribution is 2.02. The highest BCUT2D eigenvalue weighted by Gasteiger charge is 1.93. The van der Waals surface area contributed by atoms with Gasteiger partial charge in [-0.3, -0.25) is 0 Å². The Kier molecular flexibility index (Phi) is 5.70. The largest absolute Gasteiger partial charge is 0.385 e. The van der Waals surface area contributed by atoms with Gasteiger partial charge >= 0.3 is 0 Å². The molecule has 1 aromatic rings. The number of nitrogens with zero attached hydrogens (tertiary/aromatic N) is 2. The van der Waals surface area contributed by atoms with E-state index in [-0.39, 0.29) is 0 Å². The van der Waals surface area contributed by atoms with Crippen molar-refractivity contribution >= 4 is 5.82 Å². The number of hydrogen-bond acceptors (Lipinski definition) is 4. The molecule has 0 aliphatic heterocycles. The van der Waals surface area contributed by atoms with Crippen molar-refractivity contribution in [3.63, 3.8) is 0 Å². The minimum absolute atomic E-state index is 0.852. The van der Waals surface area contributed by atoms with Crippen LogP contribution >= 0.6 is 0 Å². The van der Waals surface area contributed by atoms with Crippen LogP contribution in [0, 0.1) is 6.92 Å². The Labute approximate surface area is 91.1 Å². The van der Waals surface area contributed by atoms with Crippen LogP contribution in [0.3, 0.4) is 0 Å². The molecule has 0 unspecified atom stereocenters. The Morgan fingerprint density at radius 2 is 2.07 bits per heavy atom. The quantitative estimate of drug-likeness (QED) is 0.698. The zero-order chi connectivity index (χ0) is 10.9. The fourth-order valence-electron chi connectivity index (χ4n) is 1.26. The molecular formula is C11H19N3O. The first-order valence-electron chi connectivity index (χ1n) is 5.36. The molecule has 0 atom stereocenters. The van der Waals surface area contributed by atoms with E-state index in [0.29, 0.717) is 0 Å². The summed E-state index contributed by atoms with van der Waals surface area (Å²) in [6.45, 7) is 3.73. The molecule has 4 nitrogen and oxygen atoms in total. The van der Waals surface area contributed by atoms with Crippen molar-refractivity contribution in [1.82, 2.24) is 10.2 Å². The lowest BCUT2D eigenvalue weighted by atomic mass is 10.2. The number of methoxy groups -OCH3 is 1. The van der Waals surface area contributed by atoms with E-state index in [1.807, 2.05) is 19.1 Å². The molecule has 0 aliphatic rings. The highest BCUT2D eigenvalue weighted by atomic mass is 16.5. The molecule has 0 aromatic carbocycles. The number of aryl methyl sites for hydroxylation is 1. The summed E-state index contributed by atoms with van der Waals surface area (Å²) in [5.74, 6) is 0.854. The third-order valence-electron chi connectivity index (χ3n) is 2.13. The van der Waals surface area contributed by atoms with Crippen molar-refractivity contribution < 1.29 is 4.74 Å². The van der Waals surface area contributed by atoms with Crippen molar-refractivity contribution in [2.24, 2.45) is 0 Å². The van der Waals surface area contributed by atoms with Crippen LogP contribution in [0.4, 0.5) is 5.82 Å². The molecule has 1 heterocycles. The number of hydrogen-bond donors (Lipinski definition) is 1. The fourth-order valence-corrected chi connectivity index (χ4v) is 1.26. The van der Waals surface area contributed by atoms with Crippen LogP contribution in [-0.4, -0.2) is 30.5 Å². The molecule has 0 amide bonds. The van der Waals surface area contributed by atoms with Gasteiger partial charge in [-0.15, -0.1) is 5.10 Å². The molecule has 0 spiro atoms. The first kappa shape index (κ1) is 11.9. The van der Waals surface area contributed by atoms with Crippen molar-refractivity contribution in [1.29, 1.82) is 0 Å². The Balaban J connectivity index is 2.07. The Bertz CT molecular complexity index is 261. The molecular weight excluding hydrogens is 190 g/mol. The van der Waals surface area contributed by atoms with Gasteiger partial charge in [0.25, 0.3) is 0 Å². The lowest BCUT2D eigenvalue weighted by Gasteiger charge is -2.04. The number of rotatable bonds is 7. The number of anilines is 1. The summed E-state index contributed by atoms with van der Waals surface area (Å²) in [6, 6.07) is 3.91. The molecule has 15 heavy (non-hydrogen) atoms. The molecule has 0 aliphatic carbocycles. The summed E-state index contributed by atoms with van der Waals surface area (Å²) in [5.41, 5.74) is 0.945. The average molecular weight is 209 g/mol. The fraction of sp³-hybridized carbons (Fsp3) is 0.636. The Hall–Kier alpha value is -1.16. The van der Waals surface area contributed by atoms with Crippen LogP contribution in [0.1, 0.15) is 25.0 Å². The summed E-state index contributed by atoms with van der Waals surface area (Å²) < 4.78 is 4.98. The molecule has 1 N–H and O–H groups in total. The monoisotopic (exact) mass is 209 g/mol. The van der Waals surface area contributed by atoms with E-state index in [1.165, 1.54) is 6.42 Å². The first-order valence-corrected chi connectivity index (χ1v) is 5.36. The predicted octanol–water partition coefficient (Wildman–Crippen LogP) is 2.01. The normalized spacial score (nSPS) is 10.3. The molecule has 0 radical (unpaired) electrons. The second kappa shape index (κ2) is 7.17. The summed E-state index contributed by atoms with van der Waals surface area (Å²) in [6.07, 6.45) is 3.44. The number of ether oxygens (including phenoxy) is 1. The van der Waals surface area contributed by atoms with Crippen LogP contribution in [0.5, 0.6) is 0 Å². The topological polar surface area (TPSA) is 47.0 Å². The second-order valence-electron chi connectivity index (χ2n) is 3.54. The minimum atomic E-state index is 0.852. The van der Waals surface area contributed by atoms with E-state index in [1.54, 1.807) is 7.11 Å². The molecule has 0 saturated carbocycles. The molecule has 4 heteroatoms. The van der Waals surface area contributed by atoms with Crippen molar-refractivity contribution in [3.8, 4) is 0 Å². The summed E-state index contributed by atoms with van der Waals surface area (Å²) in [7, 11) is 1.74. The summed E-state index contributed by atoms with van der Waals surface area (Å²) in [5, 5.41) is 11.2. The van der Waals surface area contributed by atoms with Crippen LogP contribution in [0.25, 0.3) is 0 Å². The lowest BCUT2D eigenvalue weighted by molar-refractivity contribution is 0.192. The summed E-state index contributed by atoms with van der Waals surface area (Å²) in [4.78, 5) is 0. The van der Waals surface area contributed by atoms with E-state index in [0.717, 1.165) is 37.5 Å². The van der Waals surface area contributed by atoms with Gasteiger partial charge in [0.15, 0.2) is 0 Å². The maximum atomic E-state index is 4.98. The standard InChI is InChI=1S/C11H19N3O/c1-10-6-7-11(14-13-10)12-8-4-3-5-9-15-2/h6-7H,3-5,8-9H2,1-2H3,(H,12,14). The van der Waals surface area contributed by atoms with E-state index in [4.69, 9.17) is 4.74 Å². The van der Waals surface area contributed by atoms with E-state index >= 15 is 0 Å². The van der Waals surface area contributed by atoms with Gasteiger partial charge in [0.1, 0.15) is 5.82 Å². The first-order chi connectivity index (χ1) is 7.33. The van der Waals surface area contributed by atoms with Crippen LogP contribution in [0.2, 0.25) is 0 Å². The third kappa shape index (κ3) is 5.32. The molecule has 1 rings (SSSR count). The van der Waals surface area contributed by atoms with Gasteiger partial charge < -0.3 is 10.1 Å². The zero-order valence-corrected chi connectivity index (χ0v) is 9.49. The van der Waals surface area contributed by atoms with Gasteiger partial charge in [-0.05, 0) is 38.3 Å². The van der Waals surface area contributed by atoms with Crippen molar-refractivity contribution in [2.45, 2.75) is 26.2 Å². The van der Waals surface area contributed by atoms with Gasteiger partial charge in [-0.25, -0.2) is 0 Å². The highest BCUT2D eigenvalue weighted by molar-refractivity contribution is 5.32. The van der Waals surface area contributed by atoms with Gasteiger partial charge in [0.2, 0.25) is 0 Å². The lowest BCUT2D eigenvalue weighted by Crippen LogP contribution is -2.04. The number of unbranched alkanes of at least 4 members (excludes halogenated alkanes) is 2. The van der Waals surface area contributed by atoms with Crippen molar-refractivity contribution in [3.05, 3.63) is 17.8 Å². The molecule has 0 saturated heterocycles. The van der Waals surface area contributed by atoms with Crippen molar-refractivity contribution in [2.75, 3.05) is 25.6 Å². The number of nitrogens with one attached hydrogen (secondary N) is 1. The second-order valence-corrected chi connectivity index (χ2v) is 3.54.